The lowest BCUT2D eigenvalue weighted by molar-refractivity contribution is 0.0883. The van der Waals surface area contributed by atoms with Crippen molar-refractivity contribution in [1.82, 2.24) is 15.1 Å². The fourth-order valence-corrected chi connectivity index (χ4v) is 5.15. The lowest BCUT2D eigenvalue weighted by Crippen LogP contribution is -2.52. The van der Waals surface area contributed by atoms with E-state index in [9.17, 15) is 0 Å². The maximum absolute atomic E-state index is 5.66. The fraction of sp³-hybridized carbons (Fsp3) is 0.500. The zero-order valence-electron chi connectivity index (χ0n) is 17.4. The molecule has 0 unspecified atom stereocenters. The molecule has 4 nitrogen and oxygen atoms in total. The highest BCUT2D eigenvalue weighted by atomic mass is 32.1. The van der Waals surface area contributed by atoms with Gasteiger partial charge in [0.05, 0.1) is 6.04 Å². The van der Waals surface area contributed by atoms with Crippen molar-refractivity contribution in [2.75, 3.05) is 38.0 Å². The molecule has 1 saturated heterocycles. The summed E-state index contributed by atoms with van der Waals surface area (Å²) in [5.74, 6) is 0. The second-order valence-electron chi connectivity index (χ2n) is 7.57. The van der Waals surface area contributed by atoms with Gasteiger partial charge in [-0.1, -0.05) is 25.1 Å². The highest BCUT2D eigenvalue weighted by molar-refractivity contribution is 7.80. The smallest absolute Gasteiger partial charge is 0.171 e. The second kappa shape index (κ2) is 9.83. The lowest BCUT2D eigenvalue weighted by atomic mass is 10.0. The number of thiocarbonyl (C=S) groups is 1. The van der Waals surface area contributed by atoms with Crippen LogP contribution in [-0.4, -0.2) is 53.7 Å². The first-order chi connectivity index (χ1) is 13.5. The Hall–Kier alpha value is -1.47. The van der Waals surface area contributed by atoms with E-state index in [1.165, 1.54) is 16.0 Å². The summed E-state index contributed by atoms with van der Waals surface area (Å²) >= 11 is 7.49. The lowest BCUT2D eigenvalue weighted by Gasteiger charge is -2.41. The Bertz CT molecular complexity index is 767. The minimum absolute atomic E-state index is 0.219. The SMILES string of the molecule is CCN1CCN([C@H](c2cccs2)[C@@H](C)NC(=S)Nc2cccc(C)c2C)CC1. The van der Waals surface area contributed by atoms with Crippen LogP contribution in [0, 0.1) is 13.8 Å². The summed E-state index contributed by atoms with van der Waals surface area (Å²) in [4.78, 5) is 6.53. The second-order valence-corrected chi connectivity index (χ2v) is 8.95. The summed E-state index contributed by atoms with van der Waals surface area (Å²) in [6, 6.07) is 11.2. The van der Waals surface area contributed by atoms with Crippen molar-refractivity contribution in [2.45, 2.75) is 39.8 Å². The number of likely N-dealkylation sites (N-methyl/N-ethyl adjacent to an activating group) is 1. The highest BCUT2D eigenvalue weighted by Crippen LogP contribution is 2.29. The van der Waals surface area contributed by atoms with Gasteiger partial charge >= 0.3 is 0 Å². The van der Waals surface area contributed by atoms with E-state index >= 15 is 0 Å². The molecule has 1 aromatic heterocycles. The molecule has 0 saturated carbocycles. The third kappa shape index (κ3) is 5.11. The van der Waals surface area contributed by atoms with Gasteiger partial charge in [0.15, 0.2) is 5.11 Å². The van der Waals surface area contributed by atoms with Crippen LogP contribution in [-0.2, 0) is 0 Å². The van der Waals surface area contributed by atoms with E-state index in [1.807, 2.05) is 11.3 Å². The van der Waals surface area contributed by atoms with Crippen LogP contribution < -0.4 is 10.6 Å². The van der Waals surface area contributed by atoms with Crippen LogP contribution in [0.15, 0.2) is 35.7 Å². The number of thiophene rings is 1. The van der Waals surface area contributed by atoms with Crippen LogP contribution in [0.25, 0.3) is 0 Å². The minimum atomic E-state index is 0.219. The highest BCUT2D eigenvalue weighted by Gasteiger charge is 2.30. The molecule has 0 spiro atoms. The minimum Gasteiger partial charge on any atom is -0.358 e. The van der Waals surface area contributed by atoms with Gasteiger partial charge in [-0.05, 0) is 68.2 Å². The van der Waals surface area contributed by atoms with Gasteiger partial charge in [0, 0.05) is 42.8 Å². The first-order valence-electron chi connectivity index (χ1n) is 10.1. The predicted octanol–water partition coefficient (Wildman–Crippen LogP) is 4.42. The van der Waals surface area contributed by atoms with Gasteiger partial charge in [-0.25, -0.2) is 0 Å². The van der Waals surface area contributed by atoms with E-state index in [0.29, 0.717) is 11.2 Å². The first-order valence-corrected chi connectivity index (χ1v) is 11.4. The molecule has 0 amide bonds. The van der Waals surface area contributed by atoms with Gasteiger partial charge in [0.1, 0.15) is 0 Å². The Morgan fingerprint density at radius 2 is 1.89 bits per heavy atom. The summed E-state index contributed by atoms with van der Waals surface area (Å²) < 4.78 is 0. The van der Waals surface area contributed by atoms with E-state index in [4.69, 9.17) is 12.2 Å². The van der Waals surface area contributed by atoms with Crippen LogP contribution in [0.3, 0.4) is 0 Å². The number of nitrogens with one attached hydrogen (secondary N) is 2. The van der Waals surface area contributed by atoms with Crippen molar-refractivity contribution in [3.05, 3.63) is 51.7 Å². The maximum atomic E-state index is 5.66. The molecule has 3 rings (SSSR count). The largest absolute Gasteiger partial charge is 0.358 e. The molecule has 2 heterocycles. The Balaban J connectivity index is 1.68. The van der Waals surface area contributed by atoms with Gasteiger partial charge in [-0.15, -0.1) is 11.3 Å². The van der Waals surface area contributed by atoms with Crippen molar-refractivity contribution in [3.8, 4) is 0 Å². The van der Waals surface area contributed by atoms with E-state index in [0.717, 1.165) is 38.4 Å². The van der Waals surface area contributed by atoms with Crippen molar-refractivity contribution in [1.29, 1.82) is 0 Å². The molecule has 0 radical (unpaired) electrons. The Morgan fingerprint density at radius 1 is 1.14 bits per heavy atom. The zero-order chi connectivity index (χ0) is 20.1. The number of hydrogen-bond donors (Lipinski definition) is 2. The summed E-state index contributed by atoms with van der Waals surface area (Å²) in [6.07, 6.45) is 0. The van der Waals surface area contributed by atoms with Crippen LogP contribution in [0.2, 0.25) is 0 Å². The number of piperazine rings is 1. The number of nitrogens with zero attached hydrogens (tertiary/aromatic N) is 2. The molecule has 1 aromatic carbocycles. The number of rotatable bonds is 6. The van der Waals surface area contributed by atoms with Crippen LogP contribution in [0.1, 0.15) is 35.9 Å². The van der Waals surface area contributed by atoms with Crippen LogP contribution >= 0.6 is 23.6 Å². The van der Waals surface area contributed by atoms with Crippen LogP contribution in [0.4, 0.5) is 5.69 Å². The molecule has 6 heteroatoms. The Kier molecular flexibility index (Phi) is 7.46. The Labute approximate surface area is 178 Å². The molecule has 0 bridgehead atoms. The van der Waals surface area contributed by atoms with Crippen molar-refractivity contribution in [3.63, 3.8) is 0 Å². The number of anilines is 1. The number of hydrogen-bond acceptors (Lipinski definition) is 4. The normalized spacial score (nSPS) is 17.9. The fourth-order valence-electron chi connectivity index (χ4n) is 3.89. The van der Waals surface area contributed by atoms with Gasteiger partial charge in [-0.3, -0.25) is 4.90 Å². The van der Waals surface area contributed by atoms with Crippen molar-refractivity contribution in [2.24, 2.45) is 0 Å². The molecular weight excluding hydrogens is 384 g/mol. The third-order valence-corrected chi connectivity index (χ3v) is 6.93. The van der Waals surface area contributed by atoms with E-state index in [-0.39, 0.29) is 6.04 Å². The predicted molar refractivity (Wildman–Crippen MR) is 125 cm³/mol. The van der Waals surface area contributed by atoms with E-state index in [2.05, 4.69) is 83.8 Å². The number of benzene rings is 1. The third-order valence-electron chi connectivity index (χ3n) is 5.77. The maximum Gasteiger partial charge on any atom is 0.171 e. The van der Waals surface area contributed by atoms with Gasteiger partial charge < -0.3 is 15.5 Å². The quantitative estimate of drug-likeness (QED) is 0.681. The van der Waals surface area contributed by atoms with Crippen molar-refractivity contribution >= 4 is 34.4 Å². The van der Waals surface area contributed by atoms with Gasteiger partial charge in [0.2, 0.25) is 0 Å². The van der Waals surface area contributed by atoms with E-state index in [1.54, 1.807) is 0 Å². The van der Waals surface area contributed by atoms with Crippen LogP contribution in [0.5, 0.6) is 0 Å². The molecular formula is C22H32N4S2. The van der Waals surface area contributed by atoms with Gasteiger partial charge in [-0.2, -0.15) is 0 Å². The molecule has 28 heavy (non-hydrogen) atoms. The van der Waals surface area contributed by atoms with Crippen molar-refractivity contribution < 1.29 is 0 Å². The summed E-state index contributed by atoms with van der Waals surface area (Å²) in [5, 5.41) is 9.82. The monoisotopic (exact) mass is 416 g/mol. The molecule has 2 N–H and O–H groups in total. The summed E-state index contributed by atoms with van der Waals surface area (Å²) in [6.45, 7) is 14.3. The average molecular weight is 417 g/mol. The topological polar surface area (TPSA) is 30.5 Å². The first kappa shape index (κ1) is 21.2. The number of aryl methyl sites for hydroxylation is 1. The average Bonchev–Trinajstić information content (AvgIpc) is 3.20. The molecule has 1 aliphatic heterocycles. The van der Waals surface area contributed by atoms with E-state index < -0.39 is 0 Å². The molecule has 2 aromatic rings. The standard InChI is InChI=1S/C22H32N4S2/c1-5-25-11-13-26(14-12-25)21(20-10-7-15-28-20)18(4)23-22(27)24-19-9-6-8-16(2)17(19)3/h6-10,15,18,21H,5,11-14H2,1-4H3,(H2,23,24,27)/t18-,21+/m1/s1. The molecule has 152 valence electrons. The van der Waals surface area contributed by atoms with Gasteiger partial charge in [0.25, 0.3) is 0 Å². The molecule has 2 atom stereocenters. The summed E-state index contributed by atoms with van der Waals surface area (Å²) in [7, 11) is 0. The molecule has 1 fully saturated rings. The zero-order valence-corrected chi connectivity index (χ0v) is 19.0. The molecule has 0 aliphatic carbocycles. The Morgan fingerprint density at radius 3 is 2.54 bits per heavy atom. The summed E-state index contributed by atoms with van der Waals surface area (Å²) in [5.41, 5.74) is 3.59. The molecule has 1 aliphatic rings.